The summed E-state index contributed by atoms with van der Waals surface area (Å²) >= 11 is 1.56. The van der Waals surface area contributed by atoms with Gasteiger partial charge >= 0.3 is 0 Å². The lowest BCUT2D eigenvalue weighted by molar-refractivity contribution is 0.0915. The van der Waals surface area contributed by atoms with E-state index in [-0.39, 0.29) is 12.0 Å². The van der Waals surface area contributed by atoms with Gasteiger partial charge in [0.2, 0.25) is 0 Å². The van der Waals surface area contributed by atoms with Gasteiger partial charge in [-0.3, -0.25) is 9.69 Å². The molecule has 1 fully saturated rings. The van der Waals surface area contributed by atoms with Crippen LogP contribution >= 0.6 is 11.3 Å². The Balaban J connectivity index is 1.59. The Kier molecular flexibility index (Phi) is 5.81. The number of benzene rings is 3. The molecule has 1 atom stereocenters. The molecule has 1 unspecified atom stereocenters. The van der Waals surface area contributed by atoms with Crippen molar-refractivity contribution >= 4 is 43.4 Å². The maximum absolute atomic E-state index is 13.9. The van der Waals surface area contributed by atoms with Crippen molar-refractivity contribution in [3.8, 4) is 5.75 Å². The van der Waals surface area contributed by atoms with Crippen LogP contribution in [0.2, 0.25) is 0 Å². The Bertz CT molecular complexity index is 1280. The van der Waals surface area contributed by atoms with Crippen LogP contribution in [0, 0.1) is 0 Å². The molecule has 1 amide bonds. The normalized spacial score (nSPS) is 16.0. The van der Waals surface area contributed by atoms with Gasteiger partial charge in [-0.1, -0.05) is 48.6 Å². The lowest BCUT2D eigenvalue weighted by atomic mass is 10.0. The molecule has 1 aromatic heterocycles. The van der Waals surface area contributed by atoms with Gasteiger partial charge in [0, 0.05) is 6.61 Å². The van der Waals surface area contributed by atoms with Crippen molar-refractivity contribution in [1.82, 2.24) is 4.98 Å². The van der Waals surface area contributed by atoms with Crippen molar-refractivity contribution in [3.63, 3.8) is 0 Å². The van der Waals surface area contributed by atoms with Crippen molar-refractivity contribution in [2.75, 3.05) is 25.2 Å². The van der Waals surface area contributed by atoms with E-state index in [1.807, 2.05) is 42.5 Å². The summed E-state index contributed by atoms with van der Waals surface area (Å²) < 4.78 is 12.6. The number of anilines is 1. The van der Waals surface area contributed by atoms with Crippen LogP contribution < -0.4 is 9.64 Å². The number of ether oxygens (including phenoxy) is 2. The van der Waals surface area contributed by atoms with Crippen LogP contribution in [0.15, 0.2) is 54.6 Å². The Morgan fingerprint density at radius 3 is 2.72 bits per heavy atom. The standard InChI is InChI=1S/C26H26N2O3S/c1-3-17-10-11-22-24(13-17)32-26(27-22)28(16-20-9-6-12-31-20)25(29)21-14-18-7-4-5-8-19(18)15-23(21)30-2/h4-5,7-8,10-11,13-15,20H,3,6,9,12,16H2,1-2H3. The second kappa shape index (κ2) is 8.88. The summed E-state index contributed by atoms with van der Waals surface area (Å²) in [4.78, 5) is 20.5. The molecule has 32 heavy (non-hydrogen) atoms. The Hall–Kier alpha value is -2.96. The summed E-state index contributed by atoms with van der Waals surface area (Å²) in [5.41, 5.74) is 2.72. The molecule has 2 heterocycles. The molecule has 6 heteroatoms. The summed E-state index contributed by atoms with van der Waals surface area (Å²) in [6, 6.07) is 18.2. The number of amides is 1. The molecule has 164 valence electrons. The first-order chi connectivity index (χ1) is 15.7. The molecule has 0 bridgehead atoms. The van der Waals surface area contributed by atoms with Crippen molar-refractivity contribution in [2.24, 2.45) is 0 Å². The third-order valence-corrected chi connectivity index (χ3v) is 7.08. The topological polar surface area (TPSA) is 51.7 Å². The fraction of sp³-hybridized carbons (Fsp3) is 0.308. The van der Waals surface area contributed by atoms with Crippen LogP contribution in [0.5, 0.6) is 5.75 Å². The van der Waals surface area contributed by atoms with Crippen LogP contribution in [-0.4, -0.2) is 37.3 Å². The average Bonchev–Trinajstić information content (AvgIpc) is 3.50. The molecule has 4 aromatic rings. The lowest BCUT2D eigenvalue weighted by Gasteiger charge is -2.24. The zero-order valence-corrected chi connectivity index (χ0v) is 19.2. The van der Waals surface area contributed by atoms with E-state index in [1.165, 1.54) is 5.56 Å². The molecule has 0 N–H and O–H groups in total. The second-order valence-corrected chi connectivity index (χ2v) is 9.11. The van der Waals surface area contributed by atoms with Gasteiger partial charge in [0.25, 0.3) is 5.91 Å². The van der Waals surface area contributed by atoms with E-state index >= 15 is 0 Å². The molecule has 1 aliphatic rings. The summed E-state index contributed by atoms with van der Waals surface area (Å²) in [5, 5.41) is 2.74. The number of nitrogens with zero attached hydrogens (tertiary/aromatic N) is 2. The molecule has 1 aliphatic heterocycles. The molecule has 0 radical (unpaired) electrons. The smallest absolute Gasteiger partial charge is 0.263 e. The van der Waals surface area contributed by atoms with Gasteiger partial charge in [-0.15, -0.1) is 0 Å². The molecular formula is C26H26N2O3S. The largest absolute Gasteiger partial charge is 0.496 e. The van der Waals surface area contributed by atoms with E-state index < -0.39 is 0 Å². The highest BCUT2D eigenvalue weighted by Crippen LogP contribution is 2.34. The number of hydrogen-bond donors (Lipinski definition) is 0. The van der Waals surface area contributed by atoms with Crippen LogP contribution in [0.4, 0.5) is 5.13 Å². The minimum Gasteiger partial charge on any atom is -0.496 e. The summed E-state index contributed by atoms with van der Waals surface area (Å²) in [7, 11) is 1.61. The quantitative estimate of drug-likeness (QED) is 0.373. The van der Waals surface area contributed by atoms with Gasteiger partial charge < -0.3 is 9.47 Å². The van der Waals surface area contributed by atoms with Gasteiger partial charge in [-0.25, -0.2) is 4.98 Å². The third-order valence-electron chi connectivity index (χ3n) is 6.03. The average molecular weight is 447 g/mol. The number of methoxy groups -OCH3 is 1. The molecular weight excluding hydrogens is 420 g/mol. The van der Waals surface area contributed by atoms with E-state index in [4.69, 9.17) is 14.5 Å². The molecule has 0 spiro atoms. The van der Waals surface area contributed by atoms with Gasteiger partial charge in [0.1, 0.15) is 5.75 Å². The number of thiazole rings is 1. The third kappa shape index (κ3) is 3.96. The first kappa shape index (κ1) is 20.9. The van der Waals surface area contributed by atoms with Crippen LogP contribution in [-0.2, 0) is 11.2 Å². The maximum atomic E-state index is 13.9. The number of fused-ring (bicyclic) bond motifs is 2. The van der Waals surface area contributed by atoms with Gasteiger partial charge in [0.15, 0.2) is 5.13 Å². The van der Waals surface area contributed by atoms with Crippen molar-refractivity contribution in [3.05, 3.63) is 65.7 Å². The highest BCUT2D eigenvalue weighted by Gasteiger charge is 2.29. The SMILES string of the molecule is CCc1ccc2nc(N(CC3CCCO3)C(=O)c3cc4ccccc4cc3OC)sc2c1. The first-order valence-electron chi connectivity index (χ1n) is 11.1. The van der Waals surface area contributed by atoms with Crippen molar-refractivity contribution < 1.29 is 14.3 Å². The lowest BCUT2D eigenvalue weighted by Crippen LogP contribution is -2.37. The Labute approximate surface area is 191 Å². The highest BCUT2D eigenvalue weighted by atomic mass is 32.1. The Morgan fingerprint density at radius 2 is 2.00 bits per heavy atom. The molecule has 0 aliphatic carbocycles. The van der Waals surface area contributed by atoms with E-state index in [0.717, 1.165) is 46.9 Å². The van der Waals surface area contributed by atoms with E-state index in [0.29, 0.717) is 23.0 Å². The van der Waals surface area contributed by atoms with Gasteiger partial charge in [-0.05, 0) is 59.9 Å². The molecule has 5 rings (SSSR count). The predicted molar refractivity (Wildman–Crippen MR) is 130 cm³/mol. The zero-order valence-electron chi connectivity index (χ0n) is 18.3. The monoisotopic (exact) mass is 446 g/mol. The summed E-state index contributed by atoms with van der Waals surface area (Å²) in [5.74, 6) is 0.457. The molecule has 5 nitrogen and oxygen atoms in total. The van der Waals surface area contributed by atoms with Gasteiger partial charge in [0.05, 0.1) is 35.5 Å². The number of carbonyl (C=O) groups is 1. The minimum atomic E-state index is -0.113. The number of rotatable bonds is 6. The van der Waals surface area contributed by atoms with E-state index in [1.54, 1.807) is 23.3 Å². The molecule has 3 aromatic carbocycles. The van der Waals surface area contributed by atoms with Crippen LogP contribution in [0.25, 0.3) is 21.0 Å². The zero-order chi connectivity index (χ0) is 22.1. The van der Waals surface area contributed by atoms with Crippen molar-refractivity contribution in [2.45, 2.75) is 32.3 Å². The summed E-state index contributed by atoms with van der Waals surface area (Å²) in [6.45, 7) is 3.36. The fourth-order valence-electron chi connectivity index (χ4n) is 4.23. The first-order valence-corrected chi connectivity index (χ1v) is 11.9. The van der Waals surface area contributed by atoms with Gasteiger partial charge in [-0.2, -0.15) is 0 Å². The Morgan fingerprint density at radius 1 is 1.19 bits per heavy atom. The minimum absolute atomic E-state index is 0.0172. The van der Waals surface area contributed by atoms with Crippen molar-refractivity contribution in [1.29, 1.82) is 0 Å². The molecule has 0 saturated carbocycles. The fourth-order valence-corrected chi connectivity index (χ4v) is 5.27. The predicted octanol–water partition coefficient (Wildman–Crippen LogP) is 5.85. The van der Waals surface area contributed by atoms with Crippen LogP contribution in [0.3, 0.4) is 0 Å². The van der Waals surface area contributed by atoms with Crippen LogP contribution in [0.1, 0.15) is 35.7 Å². The molecule has 1 saturated heterocycles. The number of hydrogen-bond acceptors (Lipinski definition) is 5. The highest BCUT2D eigenvalue weighted by molar-refractivity contribution is 7.22. The maximum Gasteiger partial charge on any atom is 0.263 e. The number of carbonyl (C=O) groups excluding carboxylic acids is 1. The van der Waals surface area contributed by atoms with E-state index in [2.05, 4.69) is 19.1 Å². The number of aromatic nitrogens is 1. The van der Waals surface area contributed by atoms with E-state index in [9.17, 15) is 4.79 Å². The summed E-state index contributed by atoms with van der Waals surface area (Å²) in [6.07, 6.45) is 2.95. The number of aryl methyl sites for hydroxylation is 1. The second-order valence-electron chi connectivity index (χ2n) is 8.10.